The predicted molar refractivity (Wildman–Crippen MR) is 69.7 cm³/mol. The fraction of sp³-hybridized carbons (Fsp3) is 0.462. The van der Waals surface area contributed by atoms with Gasteiger partial charge in [-0.15, -0.1) is 0 Å². The Hall–Kier alpha value is -1.55. The van der Waals surface area contributed by atoms with Gasteiger partial charge in [0, 0.05) is 24.5 Å². The maximum absolute atomic E-state index is 9.71. The van der Waals surface area contributed by atoms with Crippen LogP contribution >= 0.6 is 0 Å². The maximum Gasteiger partial charge on any atom is 0.151 e. The molecule has 90 valence electrons. The maximum atomic E-state index is 9.71. The first-order chi connectivity index (χ1) is 8.34. The highest BCUT2D eigenvalue weighted by Gasteiger charge is 2.19. The third-order valence-corrected chi connectivity index (χ3v) is 3.41. The van der Waals surface area contributed by atoms with Gasteiger partial charge in [-0.05, 0) is 37.1 Å². The van der Waals surface area contributed by atoms with Gasteiger partial charge in [0.15, 0.2) is 6.23 Å². The smallest absolute Gasteiger partial charge is 0.151 e. The van der Waals surface area contributed by atoms with Crippen molar-refractivity contribution in [3.8, 4) is 0 Å². The number of hydrogen-bond donors (Lipinski definition) is 1. The van der Waals surface area contributed by atoms with E-state index < -0.39 is 6.23 Å². The van der Waals surface area contributed by atoms with Gasteiger partial charge in [-0.3, -0.25) is 4.99 Å². The van der Waals surface area contributed by atoms with E-state index >= 15 is 0 Å². The molecule has 2 aliphatic heterocycles. The Labute approximate surface area is 101 Å². The van der Waals surface area contributed by atoms with Crippen molar-refractivity contribution in [2.24, 2.45) is 4.99 Å². The van der Waals surface area contributed by atoms with Crippen molar-refractivity contribution < 1.29 is 5.11 Å². The Morgan fingerprint density at radius 2 is 1.71 bits per heavy atom. The number of hydrogen-bond acceptors (Lipinski definition) is 4. The highest BCUT2D eigenvalue weighted by atomic mass is 16.3. The third kappa shape index (κ3) is 2.00. The van der Waals surface area contributed by atoms with Gasteiger partial charge in [0.25, 0.3) is 0 Å². The van der Waals surface area contributed by atoms with Crippen LogP contribution in [-0.2, 0) is 0 Å². The van der Waals surface area contributed by atoms with Crippen LogP contribution in [0.5, 0.6) is 0 Å². The molecule has 3 rings (SSSR count). The standard InChI is InChI=1S/C13H17N3O/c17-13-9-14-10-16(13)12-5-3-11(4-6-12)15-7-1-2-8-15/h3-6,10,13,17H,1-2,7-9H2. The van der Waals surface area contributed by atoms with Crippen LogP contribution in [-0.4, -0.2) is 37.3 Å². The van der Waals surface area contributed by atoms with Gasteiger partial charge in [0.05, 0.1) is 12.9 Å². The predicted octanol–water partition coefficient (Wildman–Crippen LogP) is 1.45. The minimum absolute atomic E-state index is 0.466. The van der Waals surface area contributed by atoms with Crippen LogP contribution in [0.3, 0.4) is 0 Å². The fourth-order valence-corrected chi connectivity index (χ4v) is 2.44. The van der Waals surface area contributed by atoms with E-state index in [9.17, 15) is 5.11 Å². The largest absolute Gasteiger partial charge is 0.372 e. The Bertz CT molecular complexity index is 409. The fourth-order valence-electron chi connectivity index (χ4n) is 2.44. The molecule has 0 bridgehead atoms. The Morgan fingerprint density at radius 3 is 2.29 bits per heavy atom. The minimum atomic E-state index is -0.507. The molecule has 0 saturated carbocycles. The monoisotopic (exact) mass is 231 g/mol. The molecule has 1 N–H and O–H groups in total. The van der Waals surface area contributed by atoms with E-state index in [-0.39, 0.29) is 0 Å². The van der Waals surface area contributed by atoms with Gasteiger partial charge < -0.3 is 14.9 Å². The van der Waals surface area contributed by atoms with E-state index in [4.69, 9.17) is 0 Å². The molecule has 4 nitrogen and oxygen atoms in total. The van der Waals surface area contributed by atoms with Crippen LogP contribution in [0.4, 0.5) is 11.4 Å². The van der Waals surface area contributed by atoms with Crippen LogP contribution in [0.25, 0.3) is 0 Å². The first-order valence-corrected chi connectivity index (χ1v) is 6.16. The molecule has 0 aromatic heterocycles. The summed E-state index contributed by atoms with van der Waals surface area (Å²) in [4.78, 5) is 8.26. The van der Waals surface area contributed by atoms with Crippen molar-refractivity contribution in [1.82, 2.24) is 0 Å². The third-order valence-electron chi connectivity index (χ3n) is 3.41. The second kappa shape index (κ2) is 4.37. The molecular formula is C13H17N3O. The van der Waals surface area contributed by atoms with Crippen molar-refractivity contribution in [3.05, 3.63) is 24.3 Å². The average Bonchev–Trinajstić information content (AvgIpc) is 3.00. The summed E-state index contributed by atoms with van der Waals surface area (Å²) in [6, 6.07) is 8.35. The molecule has 4 heteroatoms. The molecule has 1 aromatic carbocycles. The van der Waals surface area contributed by atoms with Gasteiger partial charge >= 0.3 is 0 Å². The van der Waals surface area contributed by atoms with Crippen molar-refractivity contribution in [2.75, 3.05) is 29.4 Å². The molecular weight excluding hydrogens is 214 g/mol. The summed E-state index contributed by atoms with van der Waals surface area (Å²) in [5, 5.41) is 9.71. The molecule has 0 aliphatic carbocycles. The lowest BCUT2D eigenvalue weighted by molar-refractivity contribution is 0.202. The van der Waals surface area contributed by atoms with Gasteiger partial charge in [-0.2, -0.15) is 0 Å². The van der Waals surface area contributed by atoms with Gasteiger partial charge in [0.2, 0.25) is 0 Å². The molecule has 0 amide bonds. The zero-order chi connectivity index (χ0) is 11.7. The zero-order valence-corrected chi connectivity index (χ0v) is 9.79. The minimum Gasteiger partial charge on any atom is -0.372 e. The lowest BCUT2D eigenvalue weighted by atomic mass is 10.2. The van der Waals surface area contributed by atoms with E-state index in [1.165, 1.54) is 18.5 Å². The van der Waals surface area contributed by atoms with E-state index in [1.54, 1.807) is 11.2 Å². The molecule has 0 radical (unpaired) electrons. The van der Waals surface area contributed by atoms with Crippen LogP contribution in [0, 0.1) is 0 Å². The lowest BCUT2D eigenvalue weighted by Gasteiger charge is -2.22. The van der Waals surface area contributed by atoms with Crippen LogP contribution in [0.15, 0.2) is 29.3 Å². The molecule has 1 unspecified atom stereocenters. The summed E-state index contributed by atoms with van der Waals surface area (Å²) in [6.45, 7) is 2.79. The number of aliphatic hydroxyl groups excluding tert-OH is 1. The quantitative estimate of drug-likeness (QED) is 0.837. The summed E-state index contributed by atoms with van der Waals surface area (Å²) in [6.07, 6.45) is 3.78. The van der Waals surface area contributed by atoms with E-state index in [1.807, 2.05) is 12.1 Å². The summed E-state index contributed by atoms with van der Waals surface area (Å²) < 4.78 is 0. The Kier molecular flexibility index (Phi) is 2.73. The summed E-state index contributed by atoms with van der Waals surface area (Å²) in [5.41, 5.74) is 2.28. The summed E-state index contributed by atoms with van der Waals surface area (Å²) in [5.74, 6) is 0. The molecule has 1 fully saturated rings. The number of rotatable bonds is 2. The van der Waals surface area contributed by atoms with Crippen molar-refractivity contribution >= 4 is 17.7 Å². The van der Waals surface area contributed by atoms with Crippen LogP contribution < -0.4 is 9.80 Å². The van der Waals surface area contributed by atoms with Crippen molar-refractivity contribution in [1.29, 1.82) is 0 Å². The Balaban J connectivity index is 1.77. The first-order valence-electron chi connectivity index (χ1n) is 6.16. The lowest BCUT2D eigenvalue weighted by Crippen LogP contribution is -2.30. The van der Waals surface area contributed by atoms with Crippen molar-refractivity contribution in [3.63, 3.8) is 0 Å². The van der Waals surface area contributed by atoms with E-state index in [0.29, 0.717) is 6.54 Å². The number of aliphatic hydroxyl groups is 1. The van der Waals surface area contributed by atoms with Gasteiger partial charge in [-0.1, -0.05) is 0 Å². The summed E-state index contributed by atoms with van der Waals surface area (Å²) >= 11 is 0. The Morgan fingerprint density at radius 1 is 1.06 bits per heavy atom. The average molecular weight is 231 g/mol. The molecule has 1 aromatic rings. The van der Waals surface area contributed by atoms with Crippen LogP contribution in [0.2, 0.25) is 0 Å². The number of anilines is 2. The molecule has 2 aliphatic rings. The second-order valence-electron chi connectivity index (χ2n) is 4.58. The van der Waals surface area contributed by atoms with Crippen molar-refractivity contribution in [2.45, 2.75) is 19.1 Å². The highest BCUT2D eigenvalue weighted by Crippen LogP contribution is 2.24. The highest BCUT2D eigenvalue weighted by molar-refractivity contribution is 5.82. The summed E-state index contributed by atoms with van der Waals surface area (Å²) in [7, 11) is 0. The molecule has 1 atom stereocenters. The number of nitrogens with zero attached hydrogens (tertiary/aromatic N) is 3. The van der Waals surface area contributed by atoms with Gasteiger partial charge in [-0.25, -0.2) is 0 Å². The molecule has 17 heavy (non-hydrogen) atoms. The van der Waals surface area contributed by atoms with E-state index in [2.05, 4.69) is 22.0 Å². The zero-order valence-electron chi connectivity index (χ0n) is 9.79. The van der Waals surface area contributed by atoms with Crippen LogP contribution in [0.1, 0.15) is 12.8 Å². The van der Waals surface area contributed by atoms with Gasteiger partial charge in [0.1, 0.15) is 0 Å². The normalized spacial score (nSPS) is 23.7. The second-order valence-corrected chi connectivity index (χ2v) is 4.58. The first kappa shape index (κ1) is 10.6. The molecule has 0 spiro atoms. The SMILES string of the molecule is OC1CN=CN1c1ccc(N2CCCC2)cc1. The topological polar surface area (TPSA) is 39.1 Å². The molecule has 2 heterocycles. The number of aliphatic imine (C=N–C) groups is 1. The molecule has 1 saturated heterocycles. The number of benzene rings is 1. The van der Waals surface area contributed by atoms with E-state index in [0.717, 1.165) is 18.8 Å².